The maximum Gasteiger partial charge on any atom is 0.128 e. The van der Waals surface area contributed by atoms with Crippen molar-refractivity contribution in [3.05, 3.63) is 0 Å². The van der Waals surface area contributed by atoms with Gasteiger partial charge in [-0.25, -0.2) is 0 Å². The minimum atomic E-state index is -0.370. The fourth-order valence-electron chi connectivity index (χ4n) is 0.350. The Balaban J connectivity index is 2.62. The van der Waals surface area contributed by atoms with Gasteiger partial charge < -0.3 is 5.11 Å². The van der Waals surface area contributed by atoms with Gasteiger partial charge in [0.2, 0.25) is 0 Å². The van der Waals surface area contributed by atoms with E-state index in [0.29, 0.717) is 6.54 Å². The highest BCUT2D eigenvalue weighted by molar-refractivity contribution is 8.36. The zero-order valence-corrected chi connectivity index (χ0v) is 5.21. The second-order valence-corrected chi connectivity index (χ2v) is 3.82. The first kappa shape index (κ1) is 5.34. The summed E-state index contributed by atoms with van der Waals surface area (Å²) in [5.74, 6) is 0. The van der Waals surface area contributed by atoms with Crippen LogP contribution in [-0.2, 0) is 20.6 Å². The molecular formula is C3H5NOS2. The summed E-state index contributed by atoms with van der Waals surface area (Å²) in [7, 11) is -0.370. The SMILES string of the molecule is OC1CN=CS1=S. The first-order valence-corrected chi connectivity index (χ1v) is 4.16. The number of hydrogen-bond acceptors (Lipinski definition) is 3. The highest BCUT2D eigenvalue weighted by atomic mass is 32.8. The molecule has 0 bridgehead atoms. The van der Waals surface area contributed by atoms with E-state index in [1.165, 1.54) is 0 Å². The summed E-state index contributed by atoms with van der Waals surface area (Å²) in [6, 6.07) is 0. The summed E-state index contributed by atoms with van der Waals surface area (Å²) in [6.07, 6.45) is 0. The van der Waals surface area contributed by atoms with Crippen molar-refractivity contribution in [3.8, 4) is 0 Å². The molecule has 0 aliphatic carbocycles. The molecule has 0 saturated carbocycles. The predicted octanol–water partition coefficient (Wildman–Crippen LogP) is -0.573. The lowest BCUT2D eigenvalue weighted by molar-refractivity contribution is 0.274. The third-order valence-corrected chi connectivity index (χ3v) is 2.68. The minimum Gasteiger partial charge on any atom is -0.380 e. The molecule has 0 aromatic heterocycles. The molecule has 2 nitrogen and oxygen atoms in total. The Morgan fingerprint density at radius 2 is 2.71 bits per heavy atom. The number of aliphatic hydroxyl groups is 1. The standard InChI is InChI=1S/C3H5NOS2/c5-3-1-4-2-7(3)6/h2-3,5H,1H2. The molecule has 0 radical (unpaired) electrons. The highest BCUT2D eigenvalue weighted by Gasteiger charge is 2.10. The number of nitrogens with zero attached hydrogens (tertiary/aromatic N) is 1. The Morgan fingerprint density at radius 1 is 2.00 bits per heavy atom. The van der Waals surface area contributed by atoms with Crippen LogP contribution in [0.25, 0.3) is 0 Å². The number of hydrogen-bond donors (Lipinski definition) is 1. The molecule has 2 unspecified atom stereocenters. The zero-order chi connectivity index (χ0) is 5.28. The van der Waals surface area contributed by atoms with Crippen LogP contribution in [0.3, 0.4) is 0 Å². The van der Waals surface area contributed by atoms with Gasteiger partial charge in [0.25, 0.3) is 0 Å². The van der Waals surface area contributed by atoms with Crippen molar-refractivity contribution < 1.29 is 5.11 Å². The smallest absolute Gasteiger partial charge is 0.128 e. The highest BCUT2D eigenvalue weighted by Crippen LogP contribution is 1.97. The Morgan fingerprint density at radius 3 is 2.86 bits per heavy atom. The van der Waals surface area contributed by atoms with Gasteiger partial charge in [0, 0.05) is 0 Å². The van der Waals surface area contributed by atoms with E-state index in [0.717, 1.165) is 0 Å². The van der Waals surface area contributed by atoms with Crippen molar-refractivity contribution in [2.75, 3.05) is 6.54 Å². The van der Waals surface area contributed by atoms with Crippen LogP contribution >= 0.6 is 0 Å². The third-order valence-electron chi connectivity index (χ3n) is 0.708. The average molecular weight is 135 g/mol. The largest absolute Gasteiger partial charge is 0.380 e. The van der Waals surface area contributed by atoms with E-state index in [1.807, 2.05) is 0 Å². The summed E-state index contributed by atoms with van der Waals surface area (Å²) < 4.78 is 0. The lowest BCUT2D eigenvalue weighted by Crippen LogP contribution is -2.09. The third kappa shape index (κ3) is 1.05. The number of aliphatic hydroxyl groups excluding tert-OH is 1. The molecule has 1 aliphatic heterocycles. The normalized spacial score (nSPS) is 39.6. The maximum absolute atomic E-state index is 8.78. The van der Waals surface area contributed by atoms with Crippen LogP contribution in [0.2, 0.25) is 0 Å². The monoisotopic (exact) mass is 135 g/mol. The zero-order valence-electron chi connectivity index (χ0n) is 3.57. The van der Waals surface area contributed by atoms with E-state index < -0.39 is 0 Å². The van der Waals surface area contributed by atoms with Crippen LogP contribution in [0.1, 0.15) is 0 Å². The van der Waals surface area contributed by atoms with Crippen molar-refractivity contribution in [1.82, 2.24) is 0 Å². The lowest BCUT2D eigenvalue weighted by Gasteiger charge is -1.94. The van der Waals surface area contributed by atoms with E-state index in [2.05, 4.69) is 4.99 Å². The van der Waals surface area contributed by atoms with Gasteiger partial charge in [-0.2, -0.15) is 0 Å². The van der Waals surface area contributed by atoms with Crippen molar-refractivity contribution in [2.24, 2.45) is 4.99 Å². The van der Waals surface area contributed by atoms with E-state index in [4.69, 9.17) is 16.3 Å². The van der Waals surface area contributed by atoms with Gasteiger partial charge in [0.1, 0.15) is 5.44 Å². The van der Waals surface area contributed by atoms with Gasteiger partial charge in [0.05, 0.1) is 12.1 Å². The fourth-order valence-corrected chi connectivity index (χ4v) is 1.32. The Bertz CT molecular complexity index is 122. The number of rotatable bonds is 0. The predicted molar refractivity (Wildman–Crippen MR) is 34.1 cm³/mol. The molecule has 1 aliphatic rings. The van der Waals surface area contributed by atoms with Crippen LogP contribution in [0, 0.1) is 0 Å². The van der Waals surface area contributed by atoms with Crippen LogP contribution in [0.15, 0.2) is 4.99 Å². The molecule has 2 atom stereocenters. The first-order valence-electron chi connectivity index (χ1n) is 1.88. The molecule has 1 heterocycles. The van der Waals surface area contributed by atoms with Crippen LogP contribution in [0.5, 0.6) is 0 Å². The minimum absolute atomic E-state index is 0.366. The molecule has 4 heteroatoms. The van der Waals surface area contributed by atoms with Crippen LogP contribution in [0.4, 0.5) is 0 Å². The maximum atomic E-state index is 8.78. The van der Waals surface area contributed by atoms with Crippen molar-refractivity contribution in [1.29, 1.82) is 0 Å². The van der Waals surface area contributed by atoms with E-state index in [1.54, 1.807) is 5.55 Å². The summed E-state index contributed by atoms with van der Waals surface area (Å²) in [6.45, 7) is 0.507. The van der Waals surface area contributed by atoms with Crippen molar-refractivity contribution >= 4 is 26.2 Å². The van der Waals surface area contributed by atoms with Gasteiger partial charge in [0.15, 0.2) is 0 Å². The van der Waals surface area contributed by atoms with E-state index in [9.17, 15) is 0 Å². The second kappa shape index (κ2) is 1.98. The lowest BCUT2D eigenvalue weighted by atomic mass is 10.7. The molecule has 0 aromatic carbocycles. The van der Waals surface area contributed by atoms with Gasteiger partial charge in [-0.05, 0) is 20.6 Å². The summed E-state index contributed by atoms with van der Waals surface area (Å²) in [4.78, 5) is 3.78. The molecular weight excluding hydrogens is 130 g/mol. The Kier molecular flexibility index (Phi) is 1.51. The summed E-state index contributed by atoms with van der Waals surface area (Å²) in [5, 5.41) is 8.78. The van der Waals surface area contributed by atoms with Gasteiger partial charge in [-0.15, -0.1) is 0 Å². The molecule has 1 N–H and O–H groups in total. The van der Waals surface area contributed by atoms with Gasteiger partial charge >= 0.3 is 0 Å². The second-order valence-electron chi connectivity index (χ2n) is 1.25. The topological polar surface area (TPSA) is 32.6 Å². The summed E-state index contributed by atoms with van der Waals surface area (Å²) >= 11 is 4.75. The molecule has 7 heavy (non-hydrogen) atoms. The van der Waals surface area contributed by atoms with E-state index in [-0.39, 0.29) is 14.9 Å². The van der Waals surface area contributed by atoms with Crippen LogP contribution in [-0.4, -0.2) is 22.6 Å². The molecule has 0 saturated heterocycles. The quantitative estimate of drug-likeness (QED) is 0.482. The average Bonchev–Trinajstić information content (AvgIpc) is 1.91. The Labute approximate surface area is 48.9 Å². The molecule has 0 aromatic rings. The van der Waals surface area contributed by atoms with Crippen molar-refractivity contribution in [2.45, 2.75) is 5.44 Å². The molecule has 0 spiro atoms. The van der Waals surface area contributed by atoms with Crippen molar-refractivity contribution in [3.63, 3.8) is 0 Å². The fraction of sp³-hybridized carbons (Fsp3) is 0.667. The first-order chi connectivity index (χ1) is 3.30. The molecule has 0 fully saturated rings. The van der Waals surface area contributed by atoms with E-state index >= 15 is 0 Å². The van der Waals surface area contributed by atoms with Crippen LogP contribution < -0.4 is 0 Å². The number of aliphatic imine (C=N–C) groups is 1. The molecule has 40 valence electrons. The molecule has 1 rings (SSSR count). The Hall–Kier alpha value is 0.200. The van der Waals surface area contributed by atoms with Gasteiger partial charge in [-0.3, -0.25) is 4.99 Å². The van der Waals surface area contributed by atoms with Gasteiger partial charge in [-0.1, -0.05) is 0 Å². The summed E-state index contributed by atoms with van der Waals surface area (Å²) in [5.41, 5.74) is 1.27. The molecule has 0 amide bonds.